The Morgan fingerprint density at radius 3 is 0.722 bits per heavy atom. The second-order valence-electron chi connectivity index (χ2n) is 2.15. The van der Waals surface area contributed by atoms with Crippen LogP contribution in [0, 0.1) is 12.1 Å². The first-order valence-corrected chi connectivity index (χ1v) is 3.82. The molecule has 6 heteroatoms. The molecular weight excluding hydrogens is 724 g/mol. The first-order chi connectivity index (χ1) is 6.00. The third kappa shape index (κ3) is 27.2. The van der Waals surface area contributed by atoms with Gasteiger partial charge in [0.05, 0.1) is 0 Å². The summed E-state index contributed by atoms with van der Waals surface area (Å²) in [5.41, 5.74) is 0. The molecule has 0 fully saturated rings. The summed E-state index contributed by atoms with van der Waals surface area (Å²) in [6.45, 7) is 0. The largest absolute Gasteiger partial charge is 4.00 e. The molecule has 0 N–H and O–H groups in total. The Morgan fingerprint density at radius 1 is 0.444 bits per heavy atom. The third-order valence-corrected chi connectivity index (χ3v) is 1.21. The van der Waals surface area contributed by atoms with Gasteiger partial charge in [-0.25, -0.2) is 0 Å². The number of hydrogen-bond acceptors (Lipinski definition) is 0. The SMILES string of the molecule is [I-].[I-].[I-].[I-].[Mg+2].[Ti+4].[c-]1ccccc1.[c-]1ccccc1. The summed E-state index contributed by atoms with van der Waals surface area (Å²) in [7, 11) is 0. The van der Waals surface area contributed by atoms with E-state index in [1.807, 2.05) is 60.7 Å². The Bertz CT molecular complexity index is 199. The van der Waals surface area contributed by atoms with Gasteiger partial charge < -0.3 is 95.9 Å². The van der Waals surface area contributed by atoms with Gasteiger partial charge in [-0.3, -0.25) is 0 Å². The minimum absolute atomic E-state index is 0. The molecule has 0 aliphatic heterocycles. The van der Waals surface area contributed by atoms with Gasteiger partial charge in [0.15, 0.2) is 0 Å². The fraction of sp³-hybridized carbons (Fsp3) is 0. The maximum absolute atomic E-state index is 2.89. The van der Waals surface area contributed by atoms with Crippen LogP contribution in [0.1, 0.15) is 0 Å². The molecule has 0 aromatic heterocycles. The van der Waals surface area contributed by atoms with Crippen molar-refractivity contribution in [1.82, 2.24) is 0 Å². The molecule has 0 amide bonds. The summed E-state index contributed by atoms with van der Waals surface area (Å²) < 4.78 is 0. The maximum atomic E-state index is 2.89. The molecule has 2 aromatic carbocycles. The van der Waals surface area contributed by atoms with Gasteiger partial charge in [0.1, 0.15) is 0 Å². The van der Waals surface area contributed by atoms with E-state index in [9.17, 15) is 0 Å². The van der Waals surface area contributed by atoms with Crippen molar-refractivity contribution in [2.24, 2.45) is 0 Å². The van der Waals surface area contributed by atoms with Gasteiger partial charge in [0.2, 0.25) is 0 Å². The van der Waals surface area contributed by atoms with Crippen LogP contribution >= 0.6 is 0 Å². The van der Waals surface area contributed by atoms with Crippen molar-refractivity contribution in [2.45, 2.75) is 0 Å². The van der Waals surface area contributed by atoms with Crippen LogP contribution in [0.3, 0.4) is 0 Å². The van der Waals surface area contributed by atoms with E-state index < -0.39 is 0 Å². The van der Waals surface area contributed by atoms with Crippen LogP contribution in [-0.2, 0) is 21.7 Å². The molecule has 0 saturated carbocycles. The molecule has 0 aliphatic carbocycles. The van der Waals surface area contributed by atoms with Crippen LogP contribution in [0.25, 0.3) is 0 Å². The summed E-state index contributed by atoms with van der Waals surface area (Å²) in [5, 5.41) is 0. The standard InChI is InChI=1S/2C6H5.4HI.Mg.Ti/c2*1-2-4-6-5-3-1;;;;;;/h2*1-5H;4*1H;;/q2*-1;;;;;+2;+4/p-4. The topological polar surface area (TPSA) is 0 Å². The fourth-order valence-electron chi connectivity index (χ4n) is 0.684. The maximum Gasteiger partial charge on any atom is 4.00 e. The van der Waals surface area contributed by atoms with Crippen molar-refractivity contribution in [3.63, 3.8) is 0 Å². The molecule has 0 bridgehead atoms. The second-order valence-corrected chi connectivity index (χ2v) is 2.15. The number of halogens is 4. The average molecular weight is 734 g/mol. The van der Waals surface area contributed by atoms with E-state index in [4.69, 9.17) is 0 Å². The molecule has 0 heterocycles. The molecule has 92 valence electrons. The molecule has 0 radical (unpaired) electrons. The van der Waals surface area contributed by atoms with E-state index in [2.05, 4.69) is 12.1 Å². The number of benzene rings is 2. The summed E-state index contributed by atoms with van der Waals surface area (Å²) in [6, 6.07) is 25.0. The van der Waals surface area contributed by atoms with Crippen LogP contribution < -0.4 is 95.9 Å². The Balaban J connectivity index is -0.0000000300. The van der Waals surface area contributed by atoms with Crippen molar-refractivity contribution in [1.29, 1.82) is 0 Å². The molecule has 0 nitrogen and oxygen atoms in total. The first kappa shape index (κ1) is 37.2. The van der Waals surface area contributed by atoms with E-state index in [1.54, 1.807) is 0 Å². The normalized spacial score (nSPS) is 5.33. The van der Waals surface area contributed by atoms with Gasteiger partial charge in [-0.1, -0.05) is 0 Å². The Kier molecular flexibility index (Phi) is 66.2. The van der Waals surface area contributed by atoms with Crippen molar-refractivity contribution in [2.75, 3.05) is 0 Å². The predicted molar refractivity (Wildman–Crippen MR) is 56.3 cm³/mol. The summed E-state index contributed by atoms with van der Waals surface area (Å²) in [4.78, 5) is 0. The van der Waals surface area contributed by atoms with Gasteiger partial charge >= 0.3 is 44.8 Å². The Hall–Kier alpha value is 2.84. The van der Waals surface area contributed by atoms with E-state index in [1.165, 1.54) is 0 Å². The van der Waals surface area contributed by atoms with Gasteiger partial charge in [0.25, 0.3) is 0 Å². The molecular formula is C12H10I4MgTi. The molecule has 0 atom stereocenters. The molecule has 2 aromatic rings. The summed E-state index contributed by atoms with van der Waals surface area (Å²) in [5.74, 6) is 0. The zero-order valence-electron chi connectivity index (χ0n) is 9.49. The molecule has 0 unspecified atom stereocenters. The minimum Gasteiger partial charge on any atom is -1.00 e. The molecule has 0 saturated heterocycles. The Labute approximate surface area is 209 Å². The van der Waals surface area contributed by atoms with E-state index in [0.29, 0.717) is 0 Å². The minimum atomic E-state index is 0. The van der Waals surface area contributed by atoms with Crippen LogP contribution in [0.4, 0.5) is 0 Å². The van der Waals surface area contributed by atoms with Crippen LogP contribution in [0.15, 0.2) is 60.7 Å². The molecule has 18 heavy (non-hydrogen) atoms. The van der Waals surface area contributed by atoms with E-state index in [-0.39, 0.29) is 141 Å². The van der Waals surface area contributed by atoms with Gasteiger partial charge in [0, 0.05) is 0 Å². The molecule has 0 aliphatic rings. The summed E-state index contributed by atoms with van der Waals surface area (Å²) >= 11 is 0. The smallest absolute Gasteiger partial charge is 1.00 e. The molecule has 0 spiro atoms. The monoisotopic (exact) mass is 734 g/mol. The predicted octanol–water partition coefficient (Wildman–Crippen LogP) is -9.39. The number of rotatable bonds is 0. The van der Waals surface area contributed by atoms with Crippen molar-refractivity contribution < 1.29 is 118 Å². The van der Waals surface area contributed by atoms with Crippen LogP contribution in [-0.4, -0.2) is 23.1 Å². The molecule has 2 rings (SSSR count). The number of hydrogen-bond donors (Lipinski definition) is 0. The Morgan fingerprint density at radius 2 is 0.667 bits per heavy atom. The van der Waals surface area contributed by atoms with Gasteiger partial charge in [-0.15, -0.1) is 0 Å². The fourth-order valence-corrected chi connectivity index (χ4v) is 0.684. The average Bonchev–Trinajstić information content (AvgIpc) is 2.24. The van der Waals surface area contributed by atoms with Gasteiger partial charge in [-0.05, 0) is 0 Å². The van der Waals surface area contributed by atoms with Gasteiger partial charge in [-0.2, -0.15) is 72.8 Å². The van der Waals surface area contributed by atoms with Crippen molar-refractivity contribution >= 4 is 23.1 Å². The van der Waals surface area contributed by atoms with E-state index in [0.717, 1.165) is 0 Å². The summed E-state index contributed by atoms with van der Waals surface area (Å²) in [6.07, 6.45) is 0. The van der Waals surface area contributed by atoms with Crippen LogP contribution in [0.5, 0.6) is 0 Å². The third-order valence-electron chi connectivity index (χ3n) is 1.21. The zero-order chi connectivity index (χ0) is 8.49. The van der Waals surface area contributed by atoms with Crippen molar-refractivity contribution in [3.8, 4) is 0 Å². The second kappa shape index (κ2) is 32.0. The quantitative estimate of drug-likeness (QED) is 0.144. The zero-order valence-corrected chi connectivity index (χ0v) is 21.1. The van der Waals surface area contributed by atoms with Crippen molar-refractivity contribution in [3.05, 3.63) is 72.8 Å². The van der Waals surface area contributed by atoms with E-state index >= 15 is 0 Å². The van der Waals surface area contributed by atoms with Crippen LogP contribution in [0.2, 0.25) is 0 Å². The first-order valence-electron chi connectivity index (χ1n) is 3.82.